The Hall–Kier alpha value is -0.710. The monoisotopic (exact) mass is 286 g/mol. The van der Waals surface area contributed by atoms with Crippen LogP contribution in [0.3, 0.4) is 0 Å². The highest BCUT2D eigenvalue weighted by molar-refractivity contribution is 7.80. The SMILES string of the molecule is NC(=S)CCN(Cc1cccc(Cl)c1F)C1CC1. The summed E-state index contributed by atoms with van der Waals surface area (Å²) in [5.74, 6) is -0.319. The molecule has 0 atom stereocenters. The average Bonchev–Trinajstić information content (AvgIpc) is 3.13. The molecule has 0 radical (unpaired) electrons. The molecule has 0 unspecified atom stereocenters. The molecule has 18 heavy (non-hydrogen) atoms. The molecule has 0 spiro atoms. The summed E-state index contributed by atoms with van der Waals surface area (Å²) in [6.07, 6.45) is 3.01. The quantitative estimate of drug-likeness (QED) is 0.815. The summed E-state index contributed by atoms with van der Waals surface area (Å²) in [7, 11) is 0. The number of rotatable bonds is 6. The van der Waals surface area contributed by atoms with Crippen molar-refractivity contribution in [1.29, 1.82) is 0 Å². The standard InChI is InChI=1S/C13H16ClFN2S/c14-11-3-1-2-9(13(11)15)8-17(10-4-5-10)7-6-12(16)18/h1-3,10H,4-8H2,(H2,16,18). The Bertz CT molecular complexity index is 449. The zero-order valence-corrected chi connectivity index (χ0v) is 11.6. The summed E-state index contributed by atoms with van der Waals surface area (Å²) in [4.78, 5) is 2.74. The largest absolute Gasteiger partial charge is 0.393 e. The fourth-order valence-corrected chi connectivity index (χ4v) is 2.26. The summed E-state index contributed by atoms with van der Waals surface area (Å²) in [5, 5.41) is 0.178. The lowest BCUT2D eigenvalue weighted by Gasteiger charge is -2.22. The van der Waals surface area contributed by atoms with Gasteiger partial charge in [0.1, 0.15) is 5.82 Å². The predicted molar refractivity (Wildman–Crippen MR) is 76.2 cm³/mol. The smallest absolute Gasteiger partial charge is 0.146 e. The van der Waals surface area contributed by atoms with Crippen LogP contribution in [0.25, 0.3) is 0 Å². The van der Waals surface area contributed by atoms with E-state index in [0.717, 1.165) is 6.54 Å². The maximum absolute atomic E-state index is 13.8. The number of nitrogens with zero attached hydrogens (tertiary/aromatic N) is 1. The predicted octanol–water partition coefficient (Wildman–Crippen LogP) is 3.12. The molecule has 2 N–H and O–H groups in total. The number of hydrogen-bond acceptors (Lipinski definition) is 2. The van der Waals surface area contributed by atoms with Gasteiger partial charge in [0.2, 0.25) is 0 Å². The summed E-state index contributed by atoms with van der Waals surface area (Å²) in [6.45, 7) is 1.35. The summed E-state index contributed by atoms with van der Waals surface area (Å²) in [6, 6.07) is 5.66. The molecule has 2 nitrogen and oxygen atoms in total. The van der Waals surface area contributed by atoms with E-state index in [1.807, 2.05) is 0 Å². The van der Waals surface area contributed by atoms with Crippen LogP contribution in [0.15, 0.2) is 18.2 Å². The Balaban J connectivity index is 2.04. The van der Waals surface area contributed by atoms with Gasteiger partial charge in [0.15, 0.2) is 0 Å². The summed E-state index contributed by atoms with van der Waals surface area (Å²) < 4.78 is 13.8. The van der Waals surface area contributed by atoms with Crippen LogP contribution in [0.5, 0.6) is 0 Å². The number of halogens is 2. The molecule has 1 aromatic carbocycles. The van der Waals surface area contributed by atoms with Crippen LogP contribution in [0, 0.1) is 5.82 Å². The minimum absolute atomic E-state index is 0.178. The molecule has 0 aromatic heterocycles. The third-order valence-electron chi connectivity index (χ3n) is 3.11. The molecule has 2 rings (SSSR count). The van der Waals surface area contributed by atoms with E-state index in [0.29, 0.717) is 29.6 Å². The Morgan fingerprint density at radius 1 is 1.50 bits per heavy atom. The normalized spacial score (nSPS) is 15.1. The van der Waals surface area contributed by atoms with Gasteiger partial charge in [0.05, 0.1) is 10.0 Å². The molecule has 98 valence electrons. The maximum atomic E-state index is 13.8. The Morgan fingerprint density at radius 3 is 2.83 bits per heavy atom. The van der Waals surface area contributed by atoms with Crippen LogP contribution in [0.4, 0.5) is 4.39 Å². The lowest BCUT2D eigenvalue weighted by molar-refractivity contribution is 0.259. The molecule has 1 aliphatic rings. The molecule has 0 amide bonds. The topological polar surface area (TPSA) is 29.3 Å². The Labute approximate surface area is 117 Å². The second-order valence-corrected chi connectivity index (χ2v) is 5.56. The van der Waals surface area contributed by atoms with E-state index >= 15 is 0 Å². The van der Waals surface area contributed by atoms with Gasteiger partial charge < -0.3 is 5.73 Å². The molecular formula is C13H16ClFN2S. The summed E-state index contributed by atoms with van der Waals surface area (Å²) in [5.41, 5.74) is 6.15. The van der Waals surface area contributed by atoms with E-state index in [4.69, 9.17) is 29.6 Å². The van der Waals surface area contributed by atoms with Gasteiger partial charge in [-0.05, 0) is 18.9 Å². The lowest BCUT2D eigenvalue weighted by Crippen LogP contribution is -2.29. The van der Waals surface area contributed by atoms with Crippen LogP contribution < -0.4 is 5.73 Å². The fraction of sp³-hybridized carbons (Fsp3) is 0.462. The van der Waals surface area contributed by atoms with Crippen molar-refractivity contribution in [2.75, 3.05) is 6.54 Å². The van der Waals surface area contributed by atoms with Gasteiger partial charge in [-0.3, -0.25) is 4.90 Å². The third kappa shape index (κ3) is 3.64. The summed E-state index contributed by atoms with van der Waals surface area (Å²) >= 11 is 10.7. The van der Waals surface area contributed by atoms with Gasteiger partial charge in [0, 0.05) is 31.1 Å². The number of thiocarbonyl (C=S) groups is 1. The van der Waals surface area contributed by atoms with Crippen LogP contribution in [0.1, 0.15) is 24.8 Å². The fourth-order valence-electron chi connectivity index (χ4n) is 1.97. The van der Waals surface area contributed by atoms with Crippen molar-refractivity contribution in [3.8, 4) is 0 Å². The van der Waals surface area contributed by atoms with Crippen molar-refractivity contribution in [2.24, 2.45) is 5.73 Å². The molecule has 0 saturated heterocycles. The first kappa shape index (κ1) is 13.7. The van der Waals surface area contributed by atoms with Crippen LogP contribution in [0.2, 0.25) is 5.02 Å². The van der Waals surface area contributed by atoms with Gasteiger partial charge in [-0.25, -0.2) is 4.39 Å². The highest BCUT2D eigenvalue weighted by Crippen LogP contribution is 2.29. The zero-order valence-electron chi connectivity index (χ0n) is 10.0. The molecule has 0 heterocycles. The van der Waals surface area contributed by atoms with Gasteiger partial charge >= 0.3 is 0 Å². The van der Waals surface area contributed by atoms with Crippen molar-refractivity contribution in [3.63, 3.8) is 0 Å². The Morgan fingerprint density at radius 2 is 2.22 bits per heavy atom. The molecule has 0 aliphatic heterocycles. The number of nitrogens with two attached hydrogens (primary N) is 1. The molecule has 5 heteroatoms. The van der Waals surface area contributed by atoms with Gasteiger partial charge in [-0.2, -0.15) is 0 Å². The van der Waals surface area contributed by atoms with E-state index < -0.39 is 0 Å². The molecule has 1 aromatic rings. The van der Waals surface area contributed by atoms with Crippen molar-refractivity contribution in [1.82, 2.24) is 4.90 Å². The number of hydrogen-bond donors (Lipinski definition) is 1. The minimum Gasteiger partial charge on any atom is -0.393 e. The zero-order chi connectivity index (χ0) is 13.1. The molecule has 0 bridgehead atoms. The van der Waals surface area contributed by atoms with Crippen molar-refractivity contribution in [3.05, 3.63) is 34.6 Å². The second-order valence-electron chi connectivity index (χ2n) is 4.63. The Kier molecular flexibility index (Phi) is 4.54. The second kappa shape index (κ2) is 5.95. The van der Waals surface area contributed by atoms with E-state index in [9.17, 15) is 4.39 Å². The van der Waals surface area contributed by atoms with Crippen LogP contribution >= 0.6 is 23.8 Å². The van der Waals surface area contributed by atoms with E-state index in [-0.39, 0.29) is 10.8 Å². The molecule has 1 saturated carbocycles. The van der Waals surface area contributed by atoms with E-state index in [2.05, 4.69) is 4.90 Å². The lowest BCUT2D eigenvalue weighted by atomic mass is 10.2. The minimum atomic E-state index is -0.319. The van der Waals surface area contributed by atoms with E-state index in [1.54, 1.807) is 18.2 Å². The van der Waals surface area contributed by atoms with Crippen LogP contribution in [-0.2, 0) is 6.54 Å². The molecular weight excluding hydrogens is 271 g/mol. The van der Waals surface area contributed by atoms with Crippen LogP contribution in [-0.4, -0.2) is 22.5 Å². The van der Waals surface area contributed by atoms with Gasteiger partial charge in [0.25, 0.3) is 0 Å². The third-order valence-corrected chi connectivity index (χ3v) is 3.61. The van der Waals surface area contributed by atoms with Crippen molar-refractivity contribution >= 4 is 28.8 Å². The van der Waals surface area contributed by atoms with Crippen molar-refractivity contribution in [2.45, 2.75) is 31.8 Å². The first-order valence-corrected chi connectivity index (χ1v) is 6.82. The first-order valence-electron chi connectivity index (χ1n) is 6.03. The molecule has 1 fully saturated rings. The van der Waals surface area contributed by atoms with Crippen molar-refractivity contribution < 1.29 is 4.39 Å². The maximum Gasteiger partial charge on any atom is 0.146 e. The number of benzene rings is 1. The molecule has 1 aliphatic carbocycles. The highest BCUT2D eigenvalue weighted by Gasteiger charge is 2.29. The van der Waals surface area contributed by atoms with E-state index in [1.165, 1.54) is 12.8 Å². The van der Waals surface area contributed by atoms with Gasteiger partial charge in [-0.1, -0.05) is 36.0 Å². The average molecular weight is 287 g/mol. The first-order chi connectivity index (χ1) is 8.58. The van der Waals surface area contributed by atoms with Gasteiger partial charge in [-0.15, -0.1) is 0 Å². The highest BCUT2D eigenvalue weighted by atomic mass is 35.5.